The minimum absolute atomic E-state index is 0.0241. The van der Waals surface area contributed by atoms with Crippen LogP contribution in [-0.2, 0) is 25.7 Å². The molecule has 2 aliphatic rings. The highest BCUT2D eigenvalue weighted by Gasteiger charge is 2.54. The van der Waals surface area contributed by atoms with Crippen LogP contribution >= 0.6 is 11.8 Å². The first kappa shape index (κ1) is 26.1. The van der Waals surface area contributed by atoms with Crippen molar-refractivity contribution in [2.75, 3.05) is 12.4 Å². The number of β-lactam (4-membered cyclic amide) rings is 1. The molecule has 0 spiro atoms. The topological polar surface area (TPSA) is 135 Å². The van der Waals surface area contributed by atoms with E-state index in [9.17, 15) is 41.8 Å². The third kappa shape index (κ3) is 4.98. The fraction of sp³-hybridized carbons (Fsp3) is 0.273. The van der Waals surface area contributed by atoms with E-state index in [2.05, 4.69) is 5.32 Å². The Hall–Kier alpha value is -4.01. The van der Waals surface area contributed by atoms with Crippen LogP contribution in [0.2, 0.25) is 0 Å². The average Bonchev–Trinajstić information content (AvgIpc) is 3.33. The molecule has 4 rings (SSSR count). The van der Waals surface area contributed by atoms with Crippen LogP contribution in [0.25, 0.3) is 0 Å². The van der Waals surface area contributed by atoms with E-state index >= 15 is 0 Å². The number of nitrogens with zero attached hydrogens (tertiary/aromatic N) is 1. The van der Waals surface area contributed by atoms with Gasteiger partial charge in [-0.3, -0.25) is 19.3 Å². The first-order valence-electron chi connectivity index (χ1n) is 10.4. The quantitative estimate of drug-likeness (QED) is 0.222. The van der Waals surface area contributed by atoms with E-state index in [0.717, 1.165) is 23.6 Å². The number of ether oxygens (including phenoxy) is 2. The molecule has 10 nitrogen and oxygen atoms in total. The van der Waals surface area contributed by atoms with Gasteiger partial charge in [0.1, 0.15) is 36.1 Å². The van der Waals surface area contributed by atoms with Crippen LogP contribution in [-0.4, -0.2) is 57.5 Å². The van der Waals surface area contributed by atoms with Crippen molar-refractivity contribution in [3.8, 4) is 5.75 Å². The molecule has 37 heavy (non-hydrogen) atoms. The van der Waals surface area contributed by atoms with Crippen LogP contribution in [0.5, 0.6) is 5.75 Å². The standard InChI is InChI=1S/C22H16F4N2O8S/c1-8(29)34-5-9-7-37-21-16(20(31)28(21)17(9)22(32)33)27-19(30)13-3-2-10(36-13)6-35-18-14(25)11(23)4-12(24)15(18)26/h2-4,16,21H,5-7H2,1H3,(H,27,30)(H,32,33)/t16-,21-/m0/s1. The molecule has 2 N–H and O–H groups in total. The van der Waals surface area contributed by atoms with Crippen molar-refractivity contribution in [2.45, 2.75) is 24.9 Å². The van der Waals surface area contributed by atoms with E-state index in [1.54, 1.807) is 0 Å². The van der Waals surface area contributed by atoms with Gasteiger partial charge in [-0.05, 0) is 12.1 Å². The number of halogens is 4. The number of carboxylic acid groups (broad SMARTS) is 1. The monoisotopic (exact) mass is 544 g/mol. The highest BCUT2D eigenvalue weighted by molar-refractivity contribution is 8.00. The van der Waals surface area contributed by atoms with Gasteiger partial charge in [0, 0.05) is 24.3 Å². The van der Waals surface area contributed by atoms with Gasteiger partial charge in [-0.15, -0.1) is 11.8 Å². The largest absolute Gasteiger partial charge is 0.479 e. The number of thioether (sulfide) groups is 1. The van der Waals surface area contributed by atoms with Crippen molar-refractivity contribution in [3.63, 3.8) is 0 Å². The molecule has 1 aromatic heterocycles. The fourth-order valence-electron chi connectivity index (χ4n) is 3.59. The maximum Gasteiger partial charge on any atom is 0.352 e. The molecule has 2 aliphatic heterocycles. The predicted molar refractivity (Wildman–Crippen MR) is 115 cm³/mol. The normalized spacial score (nSPS) is 18.7. The predicted octanol–water partition coefficient (Wildman–Crippen LogP) is 2.33. The van der Waals surface area contributed by atoms with E-state index in [1.807, 2.05) is 0 Å². The van der Waals surface area contributed by atoms with Gasteiger partial charge in [0.05, 0.1) is 0 Å². The third-order valence-electron chi connectivity index (χ3n) is 5.30. The van der Waals surface area contributed by atoms with E-state index < -0.39 is 70.8 Å². The number of hydrogen-bond donors (Lipinski definition) is 2. The van der Waals surface area contributed by atoms with Gasteiger partial charge in [0.15, 0.2) is 23.1 Å². The molecule has 2 amide bonds. The number of carbonyl (C=O) groups excluding carboxylic acids is 3. The summed E-state index contributed by atoms with van der Waals surface area (Å²) >= 11 is 1.15. The lowest BCUT2D eigenvalue weighted by molar-refractivity contribution is -0.149. The molecule has 0 unspecified atom stereocenters. The lowest BCUT2D eigenvalue weighted by Gasteiger charge is -2.49. The summed E-state index contributed by atoms with van der Waals surface area (Å²) in [6.45, 7) is 0.172. The van der Waals surface area contributed by atoms with Crippen LogP contribution < -0.4 is 10.1 Å². The summed E-state index contributed by atoms with van der Waals surface area (Å²) in [5, 5.41) is 11.2. The molecule has 3 heterocycles. The molecule has 1 fully saturated rings. The van der Waals surface area contributed by atoms with Gasteiger partial charge in [0.25, 0.3) is 11.8 Å². The Morgan fingerprint density at radius 2 is 1.84 bits per heavy atom. The molecule has 196 valence electrons. The summed E-state index contributed by atoms with van der Waals surface area (Å²) in [4.78, 5) is 49.0. The summed E-state index contributed by atoms with van der Waals surface area (Å²) in [5.74, 6) is -12.0. The summed E-state index contributed by atoms with van der Waals surface area (Å²) in [6.07, 6.45) is 0. The second-order valence-electron chi connectivity index (χ2n) is 7.75. The number of nitrogens with one attached hydrogen (secondary N) is 1. The number of benzene rings is 1. The molecule has 15 heteroatoms. The number of carboxylic acids is 1. The maximum absolute atomic E-state index is 13.7. The van der Waals surface area contributed by atoms with Crippen LogP contribution in [0.1, 0.15) is 23.2 Å². The van der Waals surface area contributed by atoms with Gasteiger partial charge < -0.3 is 24.3 Å². The number of aliphatic carboxylic acids is 1. The van der Waals surface area contributed by atoms with Gasteiger partial charge in [-0.2, -0.15) is 8.78 Å². The Balaban J connectivity index is 1.41. The smallest absolute Gasteiger partial charge is 0.352 e. The zero-order valence-electron chi connectivity index (χ0n) is 18.7. The number of hydrogen-bond acceptors (Lipinski definition) is 8. The van der Waals surface area contributed by atoms with Crippen LogP contribution in [0.15, 0.2) is 33.9 Å². The molecule has 2 atom stereocenters. The third-order valence-corrected chi connectivity index (χ3v) is 6.64. The Kier molecular flexibility index (Phi) is 7.16. The molecule has 0 radical (unpaired) electrons. The number of esters is 1. The van der Waals surface area contributed by atoms with Crippen molar-refractivity contribution in [1.29, 1.82) is 0 Å². The molecule has 0 saturated carbocycles. The van der Waals surface area contributed by atoms with Crippen molar-refractivity contribution >= 4 is 35.5 Å². The number of rotatable bonds is 8. The van der Waals surface area contributed by atoms with Crippen molar-refractivity contribution in [2.24, 2.45) is 0 Å². The number of carbonyl (C=O) groups is 4. The summed E-state index contributed by atoms with van der Waals surface area (Å²) < 4.78 is 68.9. The second-order valence-corrected chi connectivity index (χ2v) is 8.86. The van der Waals surface area contributed by atoms with Crippen LogP contribution in [0.4, 0.5) is 17.6 Å². The Morgan fingerprint density at radius 3 is 2.46 bits per heavy atom. The van der Waals surface area contributed by atoms with Crippen molar-refractivity contribution in [3.05, 3.63) is 64.3 Å². The molecular weight excluding hydrogens is 528 g/mol. The molecule has 1 saturated heterocycles. The van der Waals surface area contributed by atoms with Gasteiger partial charge in [-0.25, -0.2) is 13.6 Å². The first-order chi connectivity index (χ1) is 17.5. The Bertz CT molecular complexity index is 1320. The van der Waals surface area contributed by atoms with E-state index in [1.165, 1.54) is 12.1 Å². The number of furan rings is 1. The first-order valence-corrected chi connectivity index (χ1v) is 11.4. The van der Waals surface area contributed by atoms with E-state index in [0.29, 0.717) is 0 Å². The van der Waals surface area contributed by atoms with Crippen LogP contribution in [0.3, 0.4) is 0 Å². The Labute approximate surface area is 209 Å². The van der Waals surface area contributed by atoms with Gasteiger partial charge >= 0.3 is 11.9 Å². The fourth-order valence-corrected chi connectivity index (χ4v) is 4.92. The highest BCUT2D eigenvalue weighted by atomic mass is 32.2. The Morgan fingerprint density at radius 1 is 1.16 bits per heavy atom. The summed E-state index contributed by atoms with van der Waals surface area (Å²) in [6, 6.07) is 1.31. The second kappa shape index (κ2) is 10.2. The SMILES string of the molecule is CC(=O)OCC1=C(C(=O)O)N2C(=O)[C@H](NC(=O)c3ccc(COc4c(F)c(F)cc(F)c4F)o3)[C@@H]2SC1. The van der Waals surface area contributed by atoms with Crippen molar-refractivity contribution in [1.82, 2.24) is 10.2 Å². The highest BCUT2D eigenvalue weighted by Crippen LogP contribution is 2.40. The van der Waals surface area contributed by atoms with Crippen molar-refractivity contribution < 1.29 is 55.7 Å². The summed E-state index contributed by atoms with van der Waals surface area (Å²) in [7, 11) is 0. The molecule has 0 aliphatic carbocycles. The average molecular weight is 544 g/mol. The van der Waals surface area contributed by atoms with Gasteiger partial charge in [-0.1, -0.05) is 0 Å². The minimum Gasteiger partial charge on any atom is -0.479 e. The maximum atomic E-state index is 13.7. The zero-order valence-corrected chi connectivity index (χ0v) is 19.5. The molecule has 1 aromatic carbocycles. The van der Waals surface area contributed by atoms with Gasteiger partial charge in [0.2, 0.25) is 11.6 Å². The van der Waals surface area contributed by atoms with Crippen LogP contribution in [0, 0.1) is 23.3 Å². The molecule has 0 bridgehead atoms. The number of fused-ring (bicyclic) bond motifs is 1. The molecule has 2 aromatic rings. The van der Waals surface area contributed by atoms with E-state index in [-0.39, 0.29) is 41.2 Å². The minimum atomic E-state index is -1.74. The van der Waals surface area contributed by atoms with E-state index in [4.69, 9.17) is 13.9 Å². The zero-order chi connectivity index (χ0) is 27.0. The molecular formula is C22H16F4N2O8S. The lowest BCUT2D eigenvalue weighted by atomic mass is 10.0. The summed E-state index contributed by atoms with van der Waals surface area (Å²) in [5.41, 5.74) is -0.102. The number of amides is 2. The lowest BCUT2D eigenvalue weighted by Crippen LogP contribution is -2.70.